The summed E-state index contributed by atoms with van der Waals surface area (Å²) in [7, 11) is -3.74. The SMILES string of the molecule is Nc1cc(S(=O)(=O)Nc2ccc(F)cc2)ccc1Br. The first-order chi connectivity index (χ1) is 8.88. The van der Waals surface area contributed by atoms with E-state index in [0.29, 0.717) is 10.2 Å². The molecule has 0 spiro atoms. The molecule has 4 nitrogen and oxygen atoms in total. The lowest BCUT2D eigenvalue weighted by molar-refractivity contribution is 0.601. The standard InChI is InChI=1S/C12H10BrFN2O2S/c13-11-6-5-10(7-12(11)15)19(17,18)16-9-3-1-8(14)2-4-9/h1-7,16H,15H2. The van der Waals surface area contributed by atoms with Crippen LogP contribution in [0.15, 0.2) is 51.8 Å². The fourth-order valence-corrected chi connectivity index (χ4v) is 2.76. The highest BCUT2D eigenvalue weighted by atomic mass is 79.9. The van der Waals surface area contributed by atoms with Gasteiger partial charge in [-0.3, -0.25) is 4.72 Å². The van der Waals surface area contributed by atoms with Gasteiger partial charge in [-0.05, 0) is 58.4 Å². The first kappa shape index (κ1) is 13.8. The molecule has 0 amide bonds. The van der Waals surface area contributed by atoms with Crippen molar-refractivity contribution in [2.45, 2.75) is 4.90 Å². The minimum absolute atomic E-state index is 0.0394. The van der Waals surface area contributed by atoms with E-state index in [0.717, 1.165) is 0 Å². The molecule has 0 saturated heterocycles. The Hall–Kier alpha value is -1.60. The van der Waals surface area contributed by atoms with Crippen LogP contribution in [0.4, 0.5) is 15.8 Å². The lowest BCUT2D eigenvalue weighted by Gasteiger charge is -2.09. The third-order valence-electron chi connectivity index (χ3n) is 2.37. The van der Waals surface area contributed by atoms with E-state index in [-0.39, 0.29) is 10.6 Å². The number of nitrogens with one attached hydrogen (secondary N) is 1. The maximum atomic E-state index is 12.7. The average Bonchev–Trinajstić information content (AvgIpc) is 2.35. The molecule has 3 N–H and O–H groups in total. The van der Waals surface area contributed by atoms with E-state index in [1.165, 1.54) is 36.4 Å². The zero-order chi connectivity index (χ0) is 14.0. The van der Waals surface area contributed by atoms with Gasteiger partial charge in [0.25, 0.3) is 10.0 Å². The van der Waals surface area contributed by atoms with Gasteiger partial charge < -0.3 is 5.73 Å². The predicted octanol–water partition coefficient (Wildman–Crippen LogP) is 2.97. The van der Waals surface area contributed by atoms with Crippen LogP contribution >= 0.6 is 15.9 Å². The highest BCUT2D eigenvalue weighted by molar-refractivity contribution is 9.10. The topological polar surface area (TPSA) is 72.2 Å². The molecule has 0 atom stereocenters. The fraction of sp³-hybridized carbons (Fsp3) is 0. The smallest absolute Gasteiger partial charge is 0.261 e. The molecule has 19 heavy (non-hydrogen) atoms. The monoisotopic (exact) mass is 344 g/mol. The lowest BCUT2D eigenvalue weighted by atomic mass is 10.3. The van der Waals surface area contributed by atoms with Gasteiger partial charge in [0.1, 0.15) is 5.82 Å². The largest absolute Gasteiger partial charge is 0.398 e. The van der Waals surface area contributed by atoms with Crippen molar-refractivity contribution < 1.29 is 12.8 Å². The van der Waals surface area contributed by atoms with Crippen molar-refractivity contribution >= 4 is 37.3 Å². The molecular formula is C12H10BrFN2O2S. The zero-order valence-electron chi connectivity index (χ0n) is 9.60. The molecule has 0 aliphatic heterocycles. The number of rotatable bonds is 3. The number of hydrogen-bond acceptors (Lipinski definition) is 3. The third kappa shape index (κ3) is 3.24. The first-order valence-electron chi connectivity index (χ1n) is 5.22. The van der Waals surface area contributed by atoms with E-state index in [1.54, 1.807) is 6.07 Å². The van der Waals surface area contributed by atoms with Gasteiger partial charge in [-0.2, -0.15) is 0 Å². The minimum atomic E-state index is -3.74. The Morgan fingerprint density at radius 3 is 2.32 bits per heavy atom. The van der Waals surface area contributed by atoms with Crippen LogP contribution in [0.1, 0.15) is 0 Å². The molecular weight excluding hydrogens is 335 g/mol. The normalized spacial score (nSPS) is 11.3. The number of benzene rings is 2. The predicted molar refractivity (Wildman–Crippen MR) is 75.8 cm³/mol. The summed E-state index contributed by atoms with van der Waals surface area (Å²) in [4.78, 5) is 0.0394. The molecule has 2 rings (SSSR count). The van der Waals surface area contributed by atoms with E-state index in [4.69, 9.17) is 5.73 Å². The van der Waals surface area contributed by atoms with Gasteiger partial charge in [0.2, 0.25) is 0 Å². The maximum Gasteiger partial charge on any atom is 0.261 e. The molecule has 2 aromatic rings. The Morgan fingerprint density at radius 1 is 1.11 bits per heavy atom. The van der Waals surface area contributed by atoms with Gasteiger partial charge in [0.15, 0.2) is 0 Å². The second-order valence-corrected chi connectivity index (χ2v) is 6.33. The summed E-state index contributed by atoms with van der Waals surface area (Å²) < 4.78 is 39.9. The van der Waals surface area contributed by atoms with Crippen LogP contribution < -0.4 is 10.5 Å². The molecule has 7 heteroatoms. The fourth-order valence-electron chi connectivity index (χ4n) is 1.42. The van der Waals surface area contributed by atoms with Crippen LogP contribution in [0.3, 0.4) is 0 Å². The van der Waals surface area contributed by atoms with Gasteiger partial charge in [-0.15, -0.1) is 0 Å². The summed E-state index contributed by atoms with van der Waals surface area (Å²) in [5.74, 6) is -0.434. The summed E-state index contributed by atoms with van der Waals surface area (Å²) in [6.07, 6.45) is 0. The van der Waals surface area contributed by atoms with Gasteiger partial charge in [0.05, 0.1) is 4.90 Å². The van der Waals surface area contributed by atoms with Crippen LogP contribution in [-0.2, 0) is 10.0 Å². The number of halogens is 2. The molecule has 0 unspecified atom stereocenters. The minimum Gasteiger partial charge on any atom is -0.398 e. The Labute approximate surface area is 118 Å². The van der Waals surface area contributed by atoms with E-state index < -0.39 is 15.8 Å². The van der Waals surface area contributed by atoms with Crippen molar-refractivity contribution in [1.29, 1.82) is 0 Å². The molecule has 0 saturated carbocycles. The number of hydrogen-bond donors (Lipinski definition) is 2. The second-order valence-electron chi connectivity index (χ2n) is 3.80. The third-order valence-corrected chi connectivity index (χ3v) is 4.48. The Balaban J connectivity index is 2.32. The van der Waals surface area contributed by atoms with Crippen LogP contribution in [0, 0.1) is 5.82 Å². The molecule has 0 aliphatic carbocycles. The quantitative estimate of drug-likeness (QED) is 0.840. The molecule has 100 valence electrons. The molecule has 0 radical (unpaired) electrons. The van der Waals surface area contributed by atoms with Crippen LogP contribution in [-0.4, -0.2) is 8.42 Å². The number of nitrogen functional groups attached to an aromatic ring is 1. The highest BCUT2D eigenvalue weighted by Crippen LogP contribution is 2.24. The summed E-state index contributed by atoms with van der Waals surface area (Å²) in [5.41, 5.74) is 6.24. The Morgan fingerprint density at radius 2 is 1.74 bits per heavy atom. The van der Waals surface area contributed by atoms with E-state index in [2.05, 4.69) is 20.7 Å². The molecule has 0 heterocycles. The van der Waals surface area contributed by atoms with Gasteiger partial charge in [0, 0.05) is 15.8 Å². The Kier molecular flexibility index (Phi) is 3.77. The van der Waals surface area contributed by atoms with E-state index in [9.17, 15) is 12.8 Å². The van der Waals surface area contributed by atoms with Gasteiger partial charge in [-0.25, -0.2) is 12.8 Å². The lowest BCUT2D eigenvalue weighted by Crippen LogP contribution is -2.13. The number of anilines is 2. The van der Waals surface area contributed by atoms with Crippen LogP contribution in [0.5, 0.6) is 0 Å². The van der Waals surface area contributed by atoms with E-state index in [1.807, 2.05) is 0 Å². The summed E-state index contributed by atoms with van der Waals surface area (Å²) >= 11 is 3.19. The van der Waals surface area contributed by atoms with Crippen LogP contribution in [0.25, 0.3) is 0 Å². The summed E-state index contributed by atoms with van der Waals surface area (Å²) in [6, 6.07) is 9.35. The van der Waals surface area contributed by atoms with Crippen molar-refractivity contribution in [3.63, 3.8) is 0 Å². The second kappa shape index (κ2) is 5.18. The number of sulfonamides is 1. The number of nitrogens with two attached hydrogens (primary N) is 1. The van der Waals surface area contributed by atoms with Crippen molar-refractivity contribution in [2.75, 3.05) is 10.5 Å². The van der Waals surface area contributed by atoms with Crippen molar-refractivity contribution in [1.82, 2.24) is 0 Å². The summed E-state index contributed by atoms with van der Waals surface area (Å²) in [6.45, 7) is 0. The van der Waals surface area contributed by atoms with Gasteiger partial charge >= 0.3 is 0 Å². The molecule has 0 aromatic heterocycles. The molecule has 0 bridgehead atoms. The molecule has 0 fully saturated rings. The van der Waals surface area contributed by atoms with Crippen molar-refractivity contribution in [2.24, 2.45) is 0 Å². The molecule has 2 aromatic carbocycles. The van der Waals surface area contributed by atoms with Gasteiger partial charge in [-0.1, -0.05) is 0 Å². The average molecular weight is 345 g/mol. The Bertz CT molecular complexity index is 702. The summed E-state index contributed by atoms with van der Waals surface area (Å²) in [5, 5.41) is 0. The van der Waals surface area contributed by atoms with E-state index >= 15 is 0 Å². The molecule has 0 aliphatic rings. The maximum absolute atomic E-state index is 12.7. The van der Waals surface area contributed by atoms with Crippen molar-refractivity contribution in [3.8, 4) is 0 Å². The van der Waals surface area contributed by atoms with Crippen LogP contribution in [0.2, 0.25) is 0 Å². The zero-order valence-corrected chi connectivity index (χ0v) is 12.0. The van der Waals surface area contributed by atoms with Crippen molar-refractivity contribution in [3.05, 3.63) is 52.8 Å². The highest BCUT2D eigenvalue weighted by Gasteiger charge is 2.15. The first-order valence-corrected chi connectivity index (χ1v) is 7.49.